The van der Waals surface area contributed by atoms with Gasteiger partial charge >= 0.3 is 6.18 Å². The Kier molecular flexibility index (Phi) is 4.62. The highest BCUT2D eigenvalue weighted by atomic mass is 19.4. The minimum Gasteiger partial charge on any atom is -0.331 e. The van der Waals surface area contributed by atoms with E-state index >= 15 is 0 Å². The minimum atomic E-state index is -4.45. The Labute approximate surface area is 159 Å². The van der Waals surface area contributed by atoms with Crippen LogP contribution in [0.15, 0.2) is 61.2 Å². The van der Waals surface area contributed by atoms with E-state index in [1.165, 1.54) is 23.4 Å². The zero-order valence-corrected chi connectivity index (χ0v) is 14.8. The molecule has 0 aliphatic heterocycles. The number of halogens is 3. The molecule has 1 amide bonds. The molecule has 0 saturated heterocycles. The van der Waals surface area contributed by atoms with Crippen LogP contribution in [0.4, 0.5) is 13.2 Å². The van der Waals surface area contributed by atoms with Crippen molar-refractivity contribution in [2.24, 2.45) is 0 Å². The fraction of sp³-hybridized carbons (Fsp3) is 0.250. The molecule has 1 saturated carbocycles. The van der Waals surface area contributed by atoms with Crippen LogP contribution in [-0.4, -0.2) is 31.6 Å². The zero-order chi connectivity index (χ0) is 19.7. The second kappa shape index (κ2) is 7.10. The van der Waals surface area contributed by atoms with Gasteiger partial charge in [0.1, 0.15) is 12.7 Å². The summed E-state index contributed by atoms with van der Waals surface area (Å²) in [5, 5.41) is 4.03. The minimum absolute atomic E-state index is 0.0243. The van der Waals surface area contributed by atoms with Gasteiger partial charge in [-0.15, -0.1) is 0 Å². The van der Waals surface area contributed by atoms with Gasteiger partial charge in [0.15, 0.2) is 0 Å². The molecule has 0 spiro atoms. The number of hydrogen-bond acceptors (Lipinski definition) is 3. The van der Waals surface area contributed by atoms with E-state index < -0.39 is 11.7 Å². The molecule has 0 bridgehead atoms. The Morgan fingerprint density at radius 1 is 1.11 bits per heavy atom. The predicted molar refractivity (Wildman–Crippen MR) is 95.7 cm³/mol. The average Bonchev–Trinajstić information content (AvgIpc) is 3.38. The smallest absolute Gasteiger partial charge is 0.331 e. The summed E-state index contributed by atoms with van der Waals surface area (Å²) in [4.78, 5) is 18.4. The largest absolute Gasteiger partial charge is 0.416 e. The maximum Gasteiger partial charge on any atom is 0.416 e. The lowest BCUT2D eigenvalue weighted by Gasteiger charge is -2.24. The number of alkyl halides is 3. The molecular weight excluding hydrogens is 369 g/mol. The zero-order valence-electron chi connectivity index (χ0n) is 14.8. The van der Waals surface area contributed by atoms with Crippen molar-refractivity contribution < 1.29 is 18.0 Å². The molecule has 28 heavy (non-hydrogen) atoms. The van der Waals surface area contributed by atoms with Gasteiger partial charge in [-0.1, -0.05) is 18.2 Å². The molecule has 1 aromatic heterocycles. The lowest BCUT2D eigenvalue weighted by molar-refractivity contribution is -0.138. The van der Waals surface area contributed by atoms with Gasteiger partial charge in [0, 0.05) is 18.2 Å². The number of rotatable bonds is 5. The first-order chi connectivity index (χ1) is 13.4. The van der Waals surface area contributed by atoms with Crippen LogP contribution in [0.2, 0.25) is 0 Å². The highest BCUT2D eigenvalue weighted by molar-refractivity contribution is 5.94. The van der Waals surface area contributed by atoms with Gasteiger partial charge in [0.05, 0.1) is 11.3 Å². The van der Waals surface area contributed by atoms with Crippen molar-refractivity contribution >= 4 is 5.91 Å². The molecule has 8 heteroatoms. The van der Waals surface area contributed by atoms with Gasteiger partial charge in [0.2, 0.25) is 0 Å². The quantitative estimate of drug-likeness (QED) is 0.664. The molecule has 0 atom stereocenters. The number of aromatic nitrogens is 3. The normalized spacial score (nSPS) is 14.1. The Morgan fingerprint density at radius 2 is 1.82 bits per heavy atom. The second-order valence-corrected chi connectivity index (χ2v) is 6.71. The number of nitrogens with zero attached hydrogens (tertiary/aromatic N) is 4. The van der Waals surface area contributed by atoms with Crippen LogP contribution in [0.5, 0.6) is 0 Å². The van der Waals surface area contributed by atoms with Crippen molar-refractivity contribution in [3.8, 4) is 5.69 Å². The summed E-state index contributed by atoms with van der Waals surface area (Å²) in [6.45, 7) is -0.0655. The summed E-state index contributed by atoms with van der Waals surface area (Å²) < 4.78 is 41.5. The molecule has 1 aliphatic rings. The van der Waals surface area contributed by atoms with Gasteiger partial charge in [-0.25, -0.2) is 9.67 Å². The maximum atomic E-state index is 13.3. The van der Waals surface area contributed by atoms with Crippen LogP contribution in [0.3, 0.4) is 0 Å². The third kappa shape index (κ3) is 3.76. The first-order valence-corrected chi connectivity index (χ1v) is 8.84. The van der Waals surface area contributed by atoms with E-state index in [0.29, 0.717) is 5.56 Å². The number of amides is 1. The van der Waals surface area contributed by atoms with E-state index in [4.69, 9.17) is 0 Å². The van der Waals surface area contributed by atoms with Gasteiger partial charge in [0.25, 0.3) is 5.91 Å². The Bertz CT molecular complexity index is 964. The van der Waals surface area contributed by atoms with Crippen molar-refractivity contribution in [3.63, 3.8) is 0 Å². The van der Waals surface area contributed by atoms with Crippen molar-refractivity contribution in [2.75, 3.05) is 0 Å². The lowest BCUT2D eigenvalue weighted by atomic mass is 10.1. The summed E-state index contributed by atoms with van der Waals surface area (Å²) in [7, 11) is 0. The summed E-state index contributed by atoms with van der Waals surface area (Å²) in [6, 6.07) is 12.2. The number of carbonyl (C=O) groups excluding carboxylic acids is 1. The van der Waals surface area contributed by atoms with E-state index in [1.54, 1.807) is 41.3 Å². The van der Waals surface area contributed by atoms with Crippen molar-refractivity contribution in [1.29, 1.82) is 0 Å². The van der Waals surface area contributed by atoms with E-state index in [9.17, 15) is 18.0 Å². The molecule has 0 unspecified atom stereocenters. The molecule has 1 fully saturated rings. The van der Waals surface area contributed by atoms with Crippen molar-refractivity contribution in [2.45, 2.75) is 31.6 Å². The molecular formula is C20H17F3N4O. The van der Waals surface area contributed by atoms with Crippen LogP contribution >= 0.6 is 0 Å². The van der Waals surface area contributed by atoms with Crippen LogP contribution in [-0.2, 0) is 12.7 Å². The fourth-order valence-corrected chi connectivity index (χ4v) is 3.14. The summed E-state index contributed by atoms with van der Waals surface area (Å²) in [5.41, 5.74) is 0.583. The maximum absolute atomic E-state index is 13.3. The monoisotopic (exact) mass is 386 g/mol. The predicted octanol–water partition coefficient (Wildman–Crippen LogP) is 4.09. The Morgan fingerprint density at radius 3 is 2.43 bits per heavy atom. The standard InChI is InChI=1S/C20H17F3N4O/c21-20(22,23)18-4-2-1-3-15(18)11-26(16-9-10-16)19(28)14-5-7-17(8-6-14)27-13-24-12-25-27/h1-8,12-13,16H,9-11H2. The molecule has 2 aromatic carbocycles. The molecule has 5 nitrogen and oxygen atoms in total. The molecule has 1 heterocycles. The highest BCUT2D eigenvalue weighted by Gasteiger charge is 2.37. The molecule has 0 radical (unpaired) electrons. The van der Waals surface area contributed by atoms with Crippen LogP contribution in [0, 0.1) is 0 Å². The van der Waals surface area contributed by atoms with Gasteiger partial charge < -0.3 is 4.90 Å². The summed E-state index contributed by atoms with van der Waals surface area (Å²) in [5.74, 6) is -0.274. The number of carbonyl (C=O) groups is 1. The topological polar surface area (TPSA) is 51.0 Å². The van der Waals surface area contributed by atoms with E-state index in [2.05, 4.69) is 10.1 Å². The van der Waals surface area contributed by atoms with Crippen LogP contribution < -0.4 is 0 Å². The van der Waals surface area contributed by atoms with Gasteiger partial charge in [-0.2, -0.15) is 18.3 Å². The Hall–Kier alpha value is -3.16. The highest BCUT2D eigenvalue weighted by Crippen LogP contribution is 2.35. The van der Waals surface area contributed by atoms with Crippen molar-refractivity contribution in [1.82, 2.24) is 19.7 Å². The lowest BCUT2D eigenvalue weighted by Crippen LogP contribution is -2.33. The summed E-state index contributed by atoms with van der Waals surface area (Å²) in [6.07, 6.45) is 0.107. The second-order valence-electron chi connectivity index (χ2n) is 6.71. The number of hydrogen-bond donors (Lipinski definition) is 0. The molecule has 1 aliphatic carbocycles. The fourth-order valence-electron chi connectivity index (χ4n) is 3.14. The molecule has 144 valence electrons. The number of benzene rings is 2. The summed E-state index contributed by atoms with van der Waals surface area (Å²) >= 11 is 0. The van der Waals surface area contributed by atoms with E-state index in [0.717, 1.165) is 24.6 Å². The third-order valence-corrected chi connectivity index (χ3v) is 4.71. The van der Waals surface area contributed by atoms with Crippen LogP contribution in [0.1, 0.15) is 34.3 Å². The third-order valence-electron chi connectivity index (χ3n) is 4.71. The average molecular weight is 386 g/mol. The van der Waals surface area contributed by atoms with E-state index in [-0.39, 0.29) is 24.1 Å². The van der Waals surface area contributed by atoms with Crippen molar-refractivity contribution in [3.05, 3.63) is 77.9 Å². The molecule has 4 rings (SSSR count). The van der Waals surface area contributed by atoms with Gasteiger partial charge in [-0.3, -0.25) is 4.79 Å². The SMILES string of the molecule is O=C(c1ccc(-n2cncn2)cc1)N(Cc1ccccc1C(F)(F)F)C1CC1. The van der Waals surface area contributed by atoms with Gasteiger partial charge in [-0.05, 0) is 48.7 Å². The first-order valence-electron chi connectivity index (χ1n) is 8.84. The van der Waals surface area contributed by atoms with Crippen LogP contribution in [0.25, 0.3) is 5.69 Å². The Balaban J connectivity index is 1.58. The van der Waals surface area contributed by atoms with E-state index in [1.807, 2.05) is 0 Å². The first kappa shape index (κ1) is 18.2. The molecule has 0 N–H and O–H groups in total. The molecule has 3 aromatic rings.